The highest BCUT2D eigenvalue weighted by molar-refractivity contribution is 5.99. The Morgan fingerprint density at radius 1 is 1.39 bits per heavy atom. The zero-order valence-electron chi connectivity index (χ0n) is 11.2. The van der Waals surface area contributed by atoms with Gasteiger partial charge in [0.05, 0.1) is 11.3 Å². The van der Waals surface area contributed by atoms with Crippen molar-refractivity contribution >= 4 is 11.6 Å². The van der Waals surface area contributed by atoms with Gasteiger partial charge in [-0.05, 0) is 33.1 Å². The number of hydrogen-bond donors (Lipinski definition) is 2. The van der Waals surface area contributed by atoms with Crippen LogP contribution in [0.5, 0.6) is 0 Å². The summed E-state index contributed by atoms with van der Waals surface area (Å²) in [5.74, 6) is 5.30. The lowest BCUT2D eigenvalue weighted by atomic mass is 10.2. The molecule has 1 amide bonds. The molecule has 0 atom stereocenters. The van der Waals surface area contributed by atoms with E-state index in [0.29, 0.717) is 17.8 Å². The van der Waals surface area contributed by atoms with Crippen molar-refractivity contribution in [2.24, 2.45) is 5.84 Å². The van der Waals surface area contributed by atoms with Gasteiger partial charge >= 0.3 is 0 Å². The fourth-order valence-corrected chi connectivity index (χ4v) is 1.62. The first kappa shape index (κ1) is 14.4. The maximum atomic E-state index is 12.2. The first-order valence-electron chi connectivity index (χ1n) is 5.87. The summed E-state index contributed by atoms with van der Waals surface area (Å²) in [6.45, 7) is 1.66. The van der Waals surface area contributed by atoms with E-state index in [0.717, 1.165) is 13.0 Å². The number of nitrogens with zero attached hydrogens (tertiary/aromatic N) is 3. The van der Waals surface area contributed by atoms with Crippen LogP contribution in [-0.2, 0) is 0 Å². The average Bonchev–Trinajstić information content (AvgIpc) is 2.37. The number of nitrogen functional groups attached to an aromatic ring is 1. The topological polar surface area (TPSA) is 74.5 Å². The third-order valence-corrected chi connectivity index (χ3v) is 2.65. The number of amides is 1. The fourth-order valence-electron chi connectivity index (χ4n) is 1.62. The Hall–Kier alpha value is -1.66. The van der Waals surface area contributed by atoms with Crippen molar-refractivity contribution in [1.29, 1.82) is 0 Å². The summed E-state index contributed by atoms with van der Waals surface area (Å²) in [5.41, 5.74) is 3.59. The molecule has 0 fully saturated rings. The smallest absolute Gasteiger partial charge is 0.257 e. The summed E-state index contributed by atoms with van der Waals surface area (Å²) in [4.78, 5) is 19.9. The van der Waals surface area contributed by atoms with E-state index in [1.807, 2.05) is 14.1 Å². The molecule has 0 unspecified atom stereocenters. The van der Waals surface area contributed by atoms with Crippen LogP contribution in [-0.4, -0.2) is 54.9 Å². The van der Waals surface area contributed by atoms with E-state index < -0.39 is 0 Å². The predicted octanol–water partition coefficient (Wildman–Crippen LogP) is 0.391. The first-order chi connectivity index (χ1) is 8.56. The van der Waals surface area contributed by atoms with Crippen LogP contribution in [0, 0.1) is 0 Å². The lowest BCUT2D eigenvalue weighted by Gasteiger charge is -2.19. The minimum Gasteiger partial charge on any atom is -0.342 e. The highest BCUT2D eigenvalue weighted by Gasteiger charge is 2.15. The fraction of sp³-hybridized carbons (Fsp3) is 0.500. The van der Waals surface area contributed by atoms with Gasteiger partial charge in [-0.25, -0.2) is 0 Å². The molecule has 0 bridgehead atoms. The predicted molar refractivity (Wildman–Crippen MR) is 72.2 cm³/mol. The Morgan fingerprint density at radius 3 is 2.72 bits per heavy atom. The van der Waals surface area contributed by atoms with Crippen molar-refractivity contribution in [3.8, 4) is 0 Å². The summed E-state index contributed by atoms with van der Waals surface area (Å²) >= 11 is 0. The molecule has 1 aromatic rings. The second-order valence-electron chi connectivity index (χ2n) is 4.45. The van der Waals surface area contributed by atoms with Gasteiger partial charge in [-0.1, -0.05) is 0 Å². The number of aromatic nitrogens is 1. The van der Waals surface area contributed by atoms with Crippen molar-refractivity contribution in [1.82, 2.24) is 14.8 Å². The number of nitrogens with two attached hydrogens (primary N) is 1. The minimum absolute atomic E-state index is 0.0743. The molecule has 0 aliphatic heterocycles. The monoisotopic (exact) mass is 251 g/mol. The highest BCUT2D eigenvalue weighted by Crippen LogP contribution is 2.14. The number of carbonyl (C=O) groups is 1. The van der Waals surface area contributed by atoms with Crippen molar-refractivity contribution in [3.05, 3.63) is 24.0 Å². The van der Waals surface area contributed by atoms with E-state index in [9.17, 15) is 4.79 Å². The normalized spacial score (nSPS) is 10.5. The quantitative estimate of drug-likeness (QED) is 0.565. The second kappa shape index (κ2) is 6.93. The number of carbonyl (C=O) groups excluding carboxylic acids is 1. The van der Waals surface area contributed by atoms with E-state index >= 15 is 0 Å². The minimum atomic E-state index is -0.0743. The third-order valence-electron chi connectivity index (χ3n) is 2.65. The Kier molecular flexibility index (Phi) is 5.54. The molecule has 1 heterocycles. The summed E-state index contributed by atoms with van der Waals surface area (Å²) in [6.07, 6.45) is 4.05. The molecule has 0 aromatic carbocycles. The van der Waals surface area contributed by atoms with Gasteiger partial charge in [0.2, 0.25) is 0 Å². The van der Waals surface area contributed by atoms with Crippen molar-refractivity contribution in [2.75, 3.05) is 39.7 Å². The largest absolute Gasteiger partial charge is 0.342 e. The summed E-state index contributed by atoms with van der Waals surface area (Å²) < 4.78 is 0. The number of pyridine rings is 1. The molecule has 18 heavy (non-hydrogen) atoms. The van der Waals surface area contributed by atoms with Crippen LogP contribution in [0.3, 0.4) is 0 Å². The van der Waals surface area contributed by atoms with Crippen LogP contribution < -0.4 is 11.3 Å². The molecule has 0 aliphatic carbocycles. The number of nitrogens with one attached hydrogen (secondary N) is 1. The van der Waals surface area contributed by atoms with Crippen molar-refractivity contribution in [3.63, 3.8) is 0 Å². The molecule has 6 nitrogen and oxygen atoms in total. The maximum Gasteiger partial charge on any atom is 0.257 e. The van der Waals surface area contributed by atoms with Gasteiger partial charge in [-0.15, -0.1) is 0 Å². The summed E-state index contributed by atoms with van der Waals surface area (Å²) in [7, 11) is 5.81. The van der Waals surface area contributed by atoms with Crippen LogP contribution in [0.4, 0.5) is 5.69 Å². The van der Waals surface area contributed by atoms with Gasteiger partial charge in [-0.3, -0.25) is 15.6 Å². The molecule has 1 rings (SSSR count). The van der Waals surface area contributed by atoms with E-state index in [4.69, 9.17) is 5.84 Å². The zero-order valence-corrected chi connectivity index (χ0v) is 11.2. The summed E-state index contributed by atoms with van der Waals surface area (Å²) in [5, 5.41) is 0. The molecule has 0 saturated heterocycles. The van der Waals surface area contributed by atoms with Crippen molar-refractivity contribution < 1.29 is 4.79 Å². The molecular weight excluding hydrogens is 230 g/mol. The number of hydrazine groups is 1. The SMILES string of the molecule is CN(C)CCCN(C)C(=O)c1cnccc1NN. The van der Waals surface area contributed by atoms with Gasteiger partial charge in [-0.2, -0.15) is 0 Å². The molecule has 0 spiro atoms. The Labute approximate surface area is 108 Å². The Balaban J connectivity index is 2.62. The highest BCUT2D eigenvalue weighted by atomic mass is 16.2. The lowest BCUT2D eigenvalue weighted by molar-refractivity contribution is 0.0791. The van der Waals surface area contributed by atoms with E-state index in [2.05, 4.69) is 15.3 Å². The van der Waals surface area contributed by atoms with Gasteiger partial charge < -0.3 is 15.2 Å². The molecule has 1 aromatic heterocycles. The van der Waals surface area contributed by atoms with Gasteiger partial charge in [0, 0.05) is 26.0 Å². The van der Waals surface area contributed by atoms with Gasteiger partial charge in [0.15, 0.2) is 0 Å². The van der Waals surface area contributed by atoms with Crippen LogP contribution in [0.15, 0.2) is 18.5 Å². The van der Waals surface area contributed by atoms with Crippen LogP contribution >= 0.6 is 0 Å². The lowest BCUT2D eigenvalue weighted by Crippen LogP contribution is -2.30. The molecule has 100 valence electrons. The average molecular weight is 251 g/mol. The van der Waals surface area contributed by atoms with E-state index in [-0.39, 0.29) is 5.91 Å². The van der Waals surface area contributed by atoms with Gasteiger partial charge in [0.25, 0.3) is 5.91 Å². The Morgan fingerprint density at radius 2 is 2.11 bits per heavy atom. The molecule has 0 aliphatic rings. The van der Waals surface area contributed by atoms with E-state index in [1.54, 1.807) is 24.2 Å². The molecular formula is C12H21N5O. The standard InChI is InChI=1S/C12H21N5O/c1-16(2)7-4-8-17(3)12(18)10-9-14-6-5-11(10)15-13/h5-6,9H,4,7-8,13H2,1-3H3,(H,14,15). The maximum absolute atomic E-state index is 12.2. The van der Waals surface area contributed by atoms with Crippen LogP contribution in [0.1, 0.15) is 16.8 Å². The number of hydrogen-bond acceptors (Lipinski definition) is 5. The van der Waals surface area contributed by atoms with E-state index in [1.165, 1.54) is 6.20 Å². The van der Waals surface area contributed by atoms with Crippen LogP contribution in [0.25, 0.3) is 0 Å². The Bertz CT molecular complexity index is 394. The molecule has 3 N–H and O–H groups in total. The van der Waals surface area contributed by atoms with Crippen LogP contribution in [0.2, 0.25) is 0 Å². The molecule has 6 heteroatoms. The summed E-state index contributed by atoms with van der Waals surface area (Å²) in [6, 6.07) is 1.68. The molecule has 0 saturated carbocycles. The van der Waals surface area contributed by atoms with Gasteiger partial charge in [0.1, 0.15) is 0 Å². The number of rotatable bonds is 6. The zero-order chi connectivity index (χ0) is 13.5. The first-order valence-corrected chi connectivity index (χ1v) is 5.87. The van der Waals surface area contributed by atoms with Crippen molar-refractivity contribution in [2.45, 2.75) is 6.42 Å². The second-order valence-corrected chi connectivity index (χ2v) is 4.45. The molecule has 0 radical (unpaired) electrons. The number of anilines is 1. The third kappa shape index (κ3) is 3.97.